The van der Waals surface area contributed by atoms with E-state index < -0.39 is 11.6 Å². The van der Waals surface area contributed by atoms with Crippen LogP contribution in [0, 0.1) is 11.6 Å². The molecular formula is C23H24F2N6. The van der Waals surface area contributed by atoms with Crippen LogP contribution < -0.4 is 5.32 Å². The Morgan fingerprint density at radius 2 is 1.87 bits per heavy atom. The molecule has 3 heterocycles. The van der Waals surface area contributed by atoms with Gasteiger partial charge in [-0.25, -0.2) is 8.78 Å². The molecule has 0 spiro atoms. The molecule has 1 saturated carbocycles. The Labute approximate surface area is 178 Å². The van der Waals surface area contributed by atoms with Crippen LogP contribution in [-0.2, 0) is 7.05 Å². The first-order valence-corrected chi connectivity index (χ1v) is 10.5. The van der Waals surface area contributed by atoms with Crippen molar-refractivity contribution in [3.63, 3.8) is 0 Å². The van der Waals surface area contributed by atoms with Crippen LogP contribution >= 0.6 is 0 Å². The zero-order chi connectivity index (χ0) is 21.7. The highest BCUT2D eigenvalue weighted by atomic mass is 19.1. The predicted molar refractivity (Wildman–Crippen MR) is 115 cm³/mol. The number of aromatic nitrogens is 5. The fourth-order valence-electron chi connectivity index (χ4n) is 4.39. The van der Waals surface area contributed by atoms with Crippen molar-refractivity contribution >= 4 is 10.9 Å². The monoisotopic (exact) mass is 422 g/mol. The molecule has 1 aromatic carbocycles. The van der Waals surface area contributed by atoms with Gasteiger partial charge in [0.05, 0.1) is 29.2 Å². The van der Waals surface area contributed by atoms with Crippen LogP contribution in [0.5, 0.6) is 0 Å². The number of hydrogen-bond donors (Lipinski definition) is 2. The molecule has 160 valence electrons. The van der Waals surface area contributed by atoms with Crippen LogP contribution in [0.15, 0.2) is 36.8 Å². The maximum atomic E-state index is 15.0. The Hall–Kier alpha value is -3.13. The molecule has 31 heavy (non-hydrogen) atoms. The van der Waals surface area contributed by atoms with E-state index in [1.807, 2.05) is 13.2 Å². The number of H-pyrrole nitrogens is 1. The SMILES string of the molecule is CC(C)NC1CC(c2cc(F)c(-c3cc4c(-c5cnn(C)c5)n[nH]c4cn3)c(F)c2)C1. The van der Waals surface area contributed by atoms with Gasteiger partial charge in [-0.05, 0) is 42.5 Å². The van der Waals surface area contributed by atoms with Crippen LogP contribution in [-0.4, -0.2) is 37.0 Å². The molecule has 5 rings (SSSR count). The molecule has 1 fully saturated rings. The lowest BCUT2D eigenvalue weighted by Gasteiger charge is -2.37. The van der Waals surface area contributed by atoms with E-state index in [9.17, 15) is 0 Å². The third-order valence-electron chi connectivity index (χ3n) is 5.92. The molecule has 0 aliphatic heterocycles. The first-order chi connectivity index (χ1) is 14.9. The quantitative estimate of drug-likeness (QED) is 0.495. The zero-order valence-electron chi connectivity index (χ0n) is 17.7. The molecule has 0 bridgehead atoms. The number of aromatic amines is 1. The zero-order valence-corrected chi connectivity index (χ0v) is 17.7. The van der Waals surface area contributed by atoms with Gasteiger partial charge >= 0.3 is 0 Å². The van der Waals surface area contributed by atoms with Crippen molar-refractivity contribution in [3.8, 4) is 22.5 Å². The molecule has 1 aliphatic carbocycles. The van der Waals surface area contributed by atoms with Gasteiger partial charge in [0.1, 0.15) is 17.3 Å². The third kappa shape index (κ3) is 3.61. The Bertz CT molecular complexity index is 1230. The van der Waals surface area contributed by atoms with E-state index in [4.69, 9.17) is 0 Å². The summed E-state index contributed by atoms with van der Waals surface area (Å²) < 4.78 is 31.8. The highest BCUT2D eigenvalue weighted by Crippen LogP contribution is 2.39. The molecule has 0 atom stereocenters. The van der Waals surface area contributed by atoms with Crippen molar-refractivity contribution in [2.45, 2.75) is 44.7 Å². The molecule has 6 nitrogen and oxygen atoms in total. The summed E-state index contributed by atoms with van der Waals surface area (Å²) in [5, 5.41) is 15.6. The van der Waals surface area contributed by atoms with Gasteiger partial charge in [-0.1, -0.05) is 13.8 Å². The smallest absolute Gasteiger partial charge is 0.135 e. The van der Waals surface area contributed by atoms with E-state index in [1.54, 1.807) is 23.1 Å². The van der Waals surface area contributed by atoms with Crippen LogP contribution in [0.3, 0.4) is 0 Å². The van der Waals surface area contributed by atoms with E-state index in [1.165, 1.54) is 12.1 Å². The number of aryl methyl sites for hydroxylation is 1. The average Bonchev–Trinajstić information content (AvgIpc) is 3.29. The fraction of sp³-hybridized carbons (Fsp3) is 0.348. The van der Waals surface area contributed by atoms with Crippen LogP contribution in [0.2, 0.25) is 0 Å². The van der Waals surface area contributed by atoms with E-state index in [0.717, 1.165) is 23.8 Å². The summed E-state index contributed by atoms with van der Waals surface area (Å²) in [6.45, 7) is 4.20. The standard InChI is InChI=1S/C23H24F2N6/c1-12(2)28-16-4-13(5-16)14-6-18(24)22(19(25)7-14)20-8-17-21(10-26-20)29-30-23(17)15-9-27-31(3)11-15/h6-13,16,28H,4-5H2,1-3H3,(H,29,30). The summed E-state index contributed by atoms with van der Waals surface area (Å²) >= 11 is 0. The molecule has 0 radical (unpaired) electrons. The Morgan fingerprint density at radius 3 is 2.52 bits per heavy atom. The van der Waals surface area contributed by atoms with E-state index in [2.05, 4.69) is 39.4 Å². The molecule has 0 saturated heterocycles. The van der Waals surface area contributed by atoms with Gasteiger partial charge in [-0.2, -0.15) is 10.2 Å². The first-order valence-electron chi connectivity index (χ1n) is 10.5. The molecule has 0 amide bonds. The fourth-order valence-corrected chi connectivity index (χ4v) is 4.39. The minimum Gasteiger partial charge on any atom is -0.312 e. The van der Waals surface area contributed by atoms with Crippen LogP contribution in [0.4, 0.5) is 8.78 Å². The van der Waals surface area contributed by atoms with Gasteiger partial charge in [0.25, 0.3) is 0 Å². The second-order valence-electron chi connectivity index (χ2n) is 8.64. The number of halogens is 2. The normalized spacial score (nSPS) is 18.6. The Kier molecular flexibility index (Phi) is 4.81. The summed E-state index contributed by atoms with van der Waals surface area (Å²) in [7, 11) is 1.82. The van der Waals surface area contributed by atoms with Crippen molar-refractivity contribution in [1.29, 1.82) is 0 Å². The van der Waals surface area contributed by atoms with E-state index in [-0.39, 0.29) is 17.2 Å². The molecule has 4 aromatic rings. The number of benzene rings is 1. The minimum atomic E-state index is -0.589. The molecule has 8 heteroatoms. The van der Waals surface area contributed by atoms with E-state index in [0.29, 0.717) is 28.9 Å². The largest absolute Gasteiger partial charge is 0.312 e. The Balaban J connectivity index is 1.47. The van der Waals surface area contributed by atoms with Gasteiger partial charge < -0.3 is 5.32 Å². The number of pyridine rings is 1. The van der Waals surface area contributed by atoms with Gasteiger partial charge in [-0.3, -0.25) is 14.8 Å². The summed E-state index contributed by atoms with van der Waals surface area (Å²) in [6.07, 6.45) is 6.88. The second-order valence-corrected chi connectivity index (χ2v) is 8.64. The molecule has 0 unspecified atom stereocenters. The van der Waals surface area contributed by atoms with Crippen molar-refractivity contribution in [3.05, 3.63) is 54.0 Å². The minimum absolute atomic E-state index is 0.111. The lowest BCUT2D eigenvalue weighted by Crippen LogP contribution is -2.43. The number of nitrogens with zero attached hydrogens (tertiary/aromatic N) is 4. The average molecular weight is 422 g/mol. The first kappa shape index (κ1) is 19.8. The number of hydrogen-bond acceptors (Lipinski definition) is 4. The van der Waals surface area contributed by atoms with Gasteiger partial charge in [0.2, 0.25) is 0 Å². The highest BCUT2D eigenvalue weighted by molar-refractivity contribution is 5.94. The lowest BCUT2D eigenvalue weighted by atomic mass is 9.75. The summed E-state index contributed by atoms with van der Waals surface area (Å²) in [5.74, 6) is -1.00. The van der Waals surface area contributed by atoms with Crippen molar-refractivity contribution < 1.29 is 8.78 Å². The lowest BCUT2D eigenvalue weighted by molar-refractivity contribution is 0.274. The Morgan fingerprint density at radius 1 is 1.13 bits per heavy atom. The molecular weight excluding hydrogens is 398 g/mol. The highest BCUT2D eigenvalue weighted by Gasteiger charge is 2.31. The maximum absolute atomic E-state index is 15.0. The van der Waals surface area contributed by atoms with Crippen LogP contribution in [0.25, 0.3) is 33.4 Å². The molecule has 2 N–H and O–H groups in total. The van der Waals surface area contributed by atoms with E-state index >= 15 is 8.78 Å². The third-order valence-corrected chi connectivity index (χ3v) is 5.92. The van der Waals surface area contributed by atoms with Crippen molar-refractivity contribution in [1.82, 2.24) is 30.3 Å². The molecule has 3 aromatic heterocycles. The number of nitrogens with one attached hydrogen (secondary N) is 2. The van der Waals surface area contributed by atoms with Crippen molar-refractivity contribution in [2.75, 3.05) is 0 Å². The number of rotatable bonds is 5. The maximum Gasteiger partial charge on any atom is 0.135 e. The van der Waals surface area contributed by atoms with Crippen molar-refractivity contribution in [2.24, 2.45) is 7.05 Å². The topological polar surface area (TPSA) is 71.4 Å². The predicted octanol–water partition coefficient (Wildman–Crippen LogP) is 4.55. The van der Waals surface area contributed by atoms with Gasteiger partial charge in [-0.15, -0.1) is 0 Å². The van der Waals surface area contributed by atoms with Crippen LogP contribution in [0.1, 0.15) is 38.2 Å². The number of fused-ring (bicyclic) bond motifs is 1. The summed E-state index contributed by atoms with van der Waals surface area (Å²) in [5.41, 5.74) is 3.02. The molecule has 1 aliphatic rings. The summed E-state index contributed by atoms with van der Waals surface area (Å²) in [6, 6.07) is 5.40. The van der Waals surface area contributed by atoms with Gasteiger partial charge in [0.15, 0.2) is 0 Å². The summed E-state index contributed by atoms with van der Waals surface area (Å²) in [4.78, 5) is 4.28. The van der Waals surface area contributed by atoms with Gasteiger partial charge in [0, 0.05) is 36.3 Å². The second kappa shape index (κ2) is 7.53.